The van der Waals surface area contributed by atoms with Gasteiger partial charge in [-0.25, -0.2) is 14.4 Å². The topological polar surface area (TPSA) is 94.8 Å². The molecule has 0 saturated heterocycles. The summed E-state index contributed by atoms with van der Waals surface area (Å²) in [6.07, 6.45) is 0.459. The molecule has 31 heavy (non-hydrogen) atoms. The monoisotopic (exact) mass is 431 g/mol. The predicted octanol–water partition coefficient (Wildman–Crippen LogP) is 4.95. The molecule has 7 heteroatoms. The molecule has 170 valence electrons. The summed E-state index contributed by atoms with van der Waals surface area (Å²) in [7, 11) is 0. The van der Waals surface area contributed by atoms with Crippen molar-refractivity contribution in [2.24, 2.45) is 5.92 Å². The van der Waals surface area contributed by atoms with E-state index in [4.69, 9.17) is 13.9 Å². The molecular weight excluding hydrogens is 398 g/mol. The molecule has 0 radical (unpaired) electrons. The highest BCUT2D eigenvalue weighted by Crippen LogP contribution is 2.29. The van der Waals surface area contributed by atoms with Gasteiger partial charge in [0.2, 0.25) is 0 Å². The summed E-state index contributed by atoms with van der Waals surface area (Å²) in [4.78, 5) is 37.2. The van der Waals surface area contributed by atoms with Crippen LogP contribution >= 0.6 is 0 Å². The smallest absolute Gasteiger partial charge is 0.408 e. The minimum absolute atomic E-state index is 0.282. The van der Waals surface area contributed by atoms with Gasteiger partial charge in [-0.05, 0) is 78.0 Å². The first kappa shape index (κ1) is 24.4. The van der Waals surface area contributed by atoms with Crippen LogP contribution in [0.25, 0.3) is 11.0 Å². The van der Waals surface area contributed by atoms with Crippen LogP contribution in [-0.2, 0) is 9.53 Å². The van der Waals surface area contributed by atoms with Crippen LogP contribution in [-0.4, -0.2) is 23.7 Å². The highest BCUT2D eigenvalue weighted by Gasteiger charge is 2.27. The molecule has 0 aliphatic rings. The van der Waals surface area contributed by atoms with Crippen LogP contribution in [0.15, 0.2) is 21.3 Å². The van der Waals surface area contributed by atoms with Crippen molar-refractivity contribution in [1.82, 2.24) is 5.32 Å². The van der Waals surface area contributed by atoms with E-state index < -0.39 is 29.3 Å². The molecular formula is C24H33NO6. The standard InChI is InChI=1S/C24H33NO6/c1-13(2)9-11-18(25-23(28)31-24(6,7)8)22(27)29-19-12-10-17-14(3)15(4)21(26)30-20(17)16(19)5/h10,12-13,18H,9,11H2,1-8H3,(H,25,28)/t18-/m1/s1. The number of esters is 1. The Morgan fingerprint density at radius 2 is 1.68 bits per heavy atom. The number of carbonyl (C=O) groups excluding carboxylic acids is 2. The van der Waals surface area contributed by atoms with Gasteiger partial charge in [0.1, 0.15) is 23.0 Å². The second-order valence-corrected chi connectivity index (χ2v) is 9.30. The van der Waals surface area contributed by atoms with Gasteiger partial charge >= 0.3 is 17.7 Å². The number of amides is 1. The van der Waals surface area contributed by atoms with E-state index in [1.807, 2.05) is 20.8 Å². The average Bonchev–Trinajstić information content (AvgIpc) is 2.64. The van der Waals surface area contributed by atoms with E-state index in [-0.39, 0.29) is 5.75 Å². The molecule has 1 aromatic carbocycles. The van der Waals surface area contributed by atoms with E-state index in [0.29, 0.717) is 29.0 Å². The number of alkyl carbamates (subject to hydrolysis) is 1. The van der Waals surface area contributed by atoms with E-state index in [2.05, 4.69) is 5.32 Å². The zero-order chi connectivity index (χ0) is 23.5. The van der Waals surface area contributed by atoms with Crippen LogP contribution in [0.1, 0.15) is 64.2 Å². The molecule has 1 amide bonds. The summed E-state index contributed by atoms with van der Waals surface area (Å²) < 4.78 is 16.4. The highest BCUT2D eigenvalue weighted by atomic mass is 16.6. The van der Waals surface area contributed by atoms with E-state index in [0.717, 1.165) is 17.4 Å². The molecule has 7 nitrogen and oxygen atoms in total. The van der Waals surface area contributed by atoms with E-state index in [9.17, 15) is 14.4 Å². The van der Waals surface area contributed by atoms with Gasteiger partial charge in [-0.2, -0.15) is 0 Å². The Balaban J connectivity index is 2.30. The zero-order valence-corrected chi connectivity index (χ0v) is 19.7. The Bertz CT molecular complexity index is 1030. The second-order valence-electron chi connectivity index (χ2n) is 9.30. The van der Waals surface area contributed by atoms with Gasteiger partial charge in [0.15, 0.2) is 0 Å². The summed E-state index contributed by atoms with van der Waals surface area (Å²) in [5.41, 5.74) is 1.21. The molecule has 1 heterocycles. The zero-order valence-electron chi connectivity index (χ0n) is 19.7. The first-order chi connectivity index (χ1) is 14.3. The fourth-order valence-electron chi connectivity index (χ4n) is 3.11. The molecule has 0 bridgehead atoms. The van der Waals surface area contributed by atoms with Gasteiger partial charge in [-0.1, -0.05) is 13.8 Å². The number of fused-ring (bicyclic) bond motifs is 1. The summed E-state index contributed by atoms with van der Waals surface area (Å²) in [5.74, 6) is 0.0308. The molecule has 0 fully saturated rings. The molecule has 2 aromatic rings. The van der Waals surface area contributed by atoms with Gasteiger partial charge in [-0.15, -0.1) is 0 Å². The summed E-state index contributed by atoms with van der Waals surface area (Å²) in [6, 6.07) is 2.58. The molecule has 0 aliphatic carbocycles. The van der Waals surface area contributed by atoms with Crippen molar-refractivity contribution in [2.45, 2.75) is 79.9 Å². The number of ether oxygens (including phenoxy) is 2. The minimum atomic E-state index is -0.862. The van der Waals surface area contributed by atoms with Gasteiger partial charge in [-0.3, -0.25) is 0 Å². The van der Waals surface area contributed by atoms with Crippen LogP contribution in [0.5, 0.6) is 5.75 Å². The van der Waals surface area contributed by atoms with Gasteiger partial charge in [0, 0.05) is 16.5 Å². The first-order valence-corrected chi connectivity index (χ1v) is 10.5. The van der Waals surface area contributed by atoms with Crippen molar-refractivity contribution in [2.75, 3.05) is 0 Å². The van der Waals surface area contributed by atoms with Gasteiger partial charge < -0.3 is 19.2 Å². The lowest BCUT2D eigenvalue weighted by Crippen LogP contribution is -2.45. The largest absolute Gasteiger partial charge is 0.444 e. The van der Waals surface area contributed by atoms with E-state index >= 15 is 0 Å². The fraction of sp³-hybridized carbons (Fsp3) is 0.542. The molecule has 0 unspecified atom stereocenters. The molecule has 0 spiro atoms. The van der Waals surface area contributed by atoms with Gasteiger partial charge in [0.25, 0.3) is 0 Å². The third kappa shape index (κ3) is 6.32. The maximum Gasteiger partial charge on any atom is 0.408 e. The number of nitrogens with one attached hydrogen (secondary N) is 1. The number of hydrogen-bond acceptors (Lipinski definition) is 6. The second kappa shape index (κ2) is 9.54. The summed E-state index contributed by atoms with van der Waals surface area (Å²) in [5, 5.41) is 3.41. The molecule has 2 rings (SSSR count). The Kier molecular flexibility index (Phi) is 7.52. The van der Waals surface area contributed by atoms with E-state index in [1.54, 1.807) is 46.8 Å². The molecule has 1 aromatic heterocycles. The van der Waals surface area contributed by atoms with Crippen LogP contribution in [0.4, 0.5) is 4.79 Å². The number of benzene rings is 1. The third-order valence-electron chi connectivity index (χ3n) is 5.04. The number of hydrogen-bond donors (Lipinski definition) is 1. The normalized spacial score (nSPS) is 12.7. The maximum absolute atomic E-state index is 12.9. The summed E-state index contributed by atoms with van der Waals surface area (Å²) in [6.45, 7) is 14.6. The number of carbonyl (C=O) groups is 2. The molecule has 1 atom stereocenters. The Morgan fingerprint density at radius 1 is 1.03 bits per heavy atom. The Hall–Kier alpha value is -2.83. The Labute approximate surface area is 183 Å². The molecule has 0 aliphatic heterocycles. The first-order valence-electron chi connectivity index (χ1n) is 10.5. The lowest BCUT2D eigenvalue weighted by molar-refractivity contribution is -0.137. The van der Waals surface area contributed by atoms with Crippen molar-refractivity contribution in [3.63, 3.8) is 0 Å². The van der Waals surface area contributed by atoms with Crippen molar-refractivity contribution in [3.8, 4) is 5.75 Å². The lowest BCUT2D eigenvalue weighted by atomic mass is 10.0. The van der Waals surface area contributed by atoms with Crippen molar-refractivity contribution >= 4 is 23.0 Å². The lowest BCUT2D eigenvalue weighted by Gasteiger charge is -2.23. The van der Waals surface area contributed by atoms with Crippen LogP contribution < -0.4 is 15.7 Å². The highest BCUT2D eigenvalue weighted by molar-refractivity contribution is 5.88. The summed E-state index contributed by atoms with van der Waals surface area (Å²) >= 11 is 0. The maximum atomic E-state index is 12.9. The minimum Gasteiger partial charge on any atom is -0.444 e. The average molecular weight is 432 g/mol. The van der Waals surface area contributed by atoms with Crippen molar-refractivity contribution in [3.05, 3.63) is 39.2 Å². The third-order valence-corrected chi connectivity index (χ3v) is 5.04. The predicted molar refractivity (Wildman–Crippen MR) is 120 cm³/mol. The van der Waals surface area contributed by atoms with Crippen LogP contribution in [0.2, 0.25) is 0 Å². The fourth-order valence-corrected chi connectivity index (χ4v) is 3.11. The number of rotatable bonds is 6. The van der Waals surface area contributed by atoms with Crippen molar-refractivity contribution in [1.29, 1.82) is 0 Å². The quantitative estimate of drug-likeness (QED) is 0.395. The molecule has 0 saturated carbocycles. The Morgan fingerprint density at radius 3 is 2.26 bits per heavy atom. The van der Waals surface area contributed by atoms with Gasteiger partial charge in [0.05, 0.1) is 0 Å². The van der Waals surface area contributed by atoms with Crippen LogP contribution in [0.3, 0.4) is 0 Å². The number of aryl methyl sites for hydroxylation is 2. The van der Waals surface area contributed by atoms with Crippen molar-refractivity contribution < 1.29 is 23.5 Å². The SMILES string of the molecule is Cc1c(C)c2ccc(OC(=O)[C@@H](CCC(C)C)NC(=O)OC(C)(C)C)c(C)c2oc1=O. The van der Waals surface area contributed by atoms with Crippen LogP contribution in [0, 0.1) is 26.7 Å². The molecule has 1 N–H and O–H groups in total. The van der Waals surface area contributed by atoms with E-state index in [1.165, 1.54) is 0 Å².